The number of hydrogen-bond acceptors (Lipinski definition) is 4. The Kier molecular flexibility index (Phi) is 19.2. The molecule has 1 aliphatic heterocycles. The van der Waals surface area contributed by atoms with Crippen LogP contribution < -0.4 is 0 Å². The van der Waals surface area contributed by atoms with E-state index < -0.39 is 10.1 Å². The Morgan fingerprint density at radius 2 is 1.15 bits per heavy atom. The molecule has 0 aromatic rings. The van der Waals surface area contributed by atoms with Gasteiger partial charge in [0.2, 0.25) is 5.91 Å². The second-order valence-corrected chi connectivity index (χ2v) is 12.0. The zero-order valence-electron chi connectivity index (χ0n) is 22.3. The molecule has 0 spiro atoms. The van der Waals surface area contributed by atoms with Crippen molar-refractivity contribution in [3.8, 4) is 0 Å². The number of quaternary nitrogens is 1. The molecule has 1 fully saturated rings. The van der Waals surface area contributed by atoms with E-state index in [-0.39, 0.29) is 0 Å². The molecule has 1 rings (SSSR count). The van der Waals surface area contributed by atoms with Crippen LogP contribution in [0.4, 0.5) is 0 Å². The van der Waals surface area contributed by atoms with Gasteiger partial charge in [0.25, 0.3) is 0 Å². The fourth-order valence-electron chi connectivity index (χ4n) is 4.47. The minimum Gasteiger partial charge on any atom is -0.748 e. The fraction of sp³-hybridized carbons (Fsp3) is 0.962. The fourth-order valence-corrected chi connectivity index (χ4v) is 4.47. The van der Waals surface area contributed by atoms with Gasteiger partial charge < -0.3 is 9.04 Å². The lowest BCUT2D eigenvalue weighted by Gasteiger charge is -2.33. The highest BCUT2D eigenvalue weighted by atomic mass is 32.2. The first kappa shape index (κ1) is 32.3. The molecule has 6 nitrogen and oxygen atoms in total. The van der Waals surface area contributed by atoms with E-state index in [4.69, 9.17) is 13.0 Å². The summed E-state index contributed by atoms with van der Waals surface area (Å²) in [4.78, 5) is 13.9. The highest BCUT2D eigenvalue weighted by Crippen LogP contribution is 2.16. The van der Waals surface area contributed by atoms with Crippen molar-refractivity contribution >= 4 is 16.0 Å². The molecular weight excluding hydrogens is 436 g/mol. The van der Waals surface area contributed by atoms with E-state index in [1.807, 2.05) is 0 Å². The van der Waals surface area contributed by atoms with E-state index in [9.17, 15) is 4.79 Å². The Hall–Kier alpha value is -0.660. The smallest absolute Gasteiger partial charge is 0.226 e. The number of carbonyl (C=O) groups excluding carboxylic acids is 1. The quantitative estimate of drug-likeness (QED) is 0.125. The zero-order valence-corrected chi connectivity index (χ0v) is 23.1. The number of nitrogens with zero attached hydrogens (tertiary/aromatic N) is 2. The number of carbonyl (C=O) groups is 1. The van der Waals surface area contributed by atoms with Crippen LogP contribution in [0.25, 0.3) is 0 Å². The molecule has 0 aromatic heterocycles. The summed E-state index contributed by atoms with van der Waals surface area (Å²) in [5.74, 6) is 0.359. The molecule has 198 valence electrons. The Morgan fingerprint density at radius 1 is 0.788 bits per heavy atom. The highest BCUT2D eigenvalue weighted by molar-refractivity contribution is 7.84. The third-order valence-electron chi connectivity index (χ3n) is 6.34. The number of unbranched alkanes of at least 4 members (excludes halogenated alkanes) is 15. The van der Waals surface area contributed by atoms with Crippen molar-refractivity contribution in [1.29, 1.82) is 0 Å². The van der Waals surface area contributed by atoms with Gasteiger partial charge in [-0.1, -0.05) is 96.8 Å². The molecule has 0 atom stereocenters. The van der Waals surface area contributed by atoms with Gasteiger partial charge in [0.1, 0.15) is 0 Å². The molecule has 0 unspecified atom stereocenters. The van der Waals surface area contributed by atoms with E-state index in [2.05, 4.69) is 25.9 Å². The minimum atomic E-state index is -3.92. The van der Waals surface area contributed by atoms with Crippen LogP contribution in [0.1, 0.15) is 122 Å². The first-order chi connectivity index (χ1) is 15.5. The van der Waals surface area contributed by atoms with Gasteiger partial charge in [-0.25, -0.2) is 8.42 Å². The Balaban J connectivity index is 0.00000184. The molecule has 0 radical (unpaired) electrons. The van der Waals surface area contributed by atoms with Crippen molar-refractivity contribution in [2.24, 2.45) is 0 Å². The third kappa shape index (κ3) is 24.3. The zero-order chi connectivity index (χ0) is 25.0. The summed E-state index contributed by atoms with van der Waals surface area (Å²) in [5, 5.41) is 0. The number of amides is 1. The number of hydrogen-bond donors (Lipinski definition) is 0. The summed E-state index contributed by atoms with van der Waals surface area (Å²) in [6.07, 6.45) is 25.2. The highest BCUT2D eigenvalue weighted by Gasteiger charge is 2.26. The van der Waals surface area contributed by atoms with E-state index in [0.717, 1.165) is 30.5 Å². The van der Waals surface area contributed by atoms with Gasteiger partial charge in [-0.3, -0.25) is 9.69 Å². The van der Waals surface area contributed by atoms with Gasteiger partial charge in [-0.05, 0) is 19.3 Å². The van der Waals surface area contributed by atoms with Gasteiger partial charge in [-0.15, -0.1) is 0 Å². The van der Waals surface area contributed by atoms with Crippen molar-refractivity contribution in [1.82, 2.24) is 4.90 Å². The average Bonchev–Trinajstić information content (AvgIpc) is 3.10. The molecule has 1 saturated heterocycles. The molecular formula is C26H54N2O4S. The molecule has 0 N–H and O–H groups in total. The maximum Gasteiger partial charge on any atom is 0.226 e. The summed E-state index contributed by atoms with van der Waals surface area (Å²) in [6.45, 7) is 5.36. The maximum atomic E-state index is 11.8. The van der Waals surface area contributed by atoms with E-state index >= 15 is 0 Å². The van der Waals surface area contributed by atoms with E-state index in [0.29, 0.717) is 12.2 Å². The van der Waals surface area contributed by atoms with Crippen molar-refractivity contribution < 1.29 is 22.2 Å². The molecule has 33 heavy (non-hydrogen) atoms. The van der Waals surface area contributed by atoms with Crippen LogP contribution in [0.5, 0.6) is 0 Å². The summed E-state index contributed by atoms with van der Waals surface area (Å²) in [7, 11) is 0.633. The SMILES string of the molecule is CCCCCCCCCCCCCCCCCC[N+](C)(C)CN1CCCC1=O.CS(=O)(=O)[O-]. The molecule has 0 aliphatic carbocycles. The minimum absolute atomic E-state index is 0.359. The lowest BCUT2D eigenvalue weighted by atomic mass is 10.0. The molecule has 0 saturated carbocycles. The molecule has 0 aromatic carbocycles. The van der Waals surface area contributed by atoms with Gasteiger partial charge in [-0.2, -0.15) is 0 Å². The molecule has 1 aliphatic rings. The van der Waals surface area contributed by atoms with Gasteiger partial charge >= 0.3 is 0 Å². The second-order valence-electron chi connectivity index (χ2n) is 10.6. The Morgan fingerprint density at radius 3 is 1.48 bits per heavy atom. The molecule has 7 heteroatoms. The summed E-state index contributed by atoms with van der Waals surface area (Å²) >= 11 is 0. The number of rotatable bonds is 19. The van der Waals surface area contributed by atoms with Crippen molar-refractivity contribution in [3.05, 3.63) is 0 Å². The van der Waals surface area contributed by atoms with Gasteiger partial charge in [0.05, 0.1) is 30.8 Å². The van der Waals surface area contributed by atoms with Crippen LogP contribution in [0.3, 0.4) is 0 Å². The molecule has 0 bridgehead atoms. The van der Waals surface area contributed by atoms with Crippen molar-refractivity contribution in [3.63, 3.8) is 0 Å². The number of likely N-dealkylation sites (tertiary alicyclic amines) is 1. The van der Waals surface area contributed by atoms with Crippen molar-refractivity contribution in [2.45, 2.75) is 122 Å². The van der Waals surface area contributed by atoms with Crippen LogP contribution in [-0.4, -0.2) is 68.4 Å². The van der Waals surface area contributed by atoms with Crippen LogP contribution in [0.2, 0.25) is 0 Å². The van der Waals surface area contributed by atoms with Crippen LogP contribution in [0.15, 0.2) is 0 Å². The standard InChI is InChI=1S/C25H51N2O.CH4O3S/c1-4-5-6-7-8-9-10-11-12-13-14-15-16-17-18-19-23-27(2,3)24-26-22-20-21-25(26)28;1-5(2,3)4/h4-24H2,1-3H3;1H3,(H,2,3,4)/q+1;/p-1. The lowest BCUT2D eigenvalue weighted by Crippen LogP contribution is -2.49. The molecule has 1 heterocycles. The van der Waals surface area contributed by atoms with Crippen LogP contribution in [0, 0.1) is 0 Å². The molecule has 1 amide bonds. The largest absolute Gasteiger partial charge is 0.748 e. The second kappa shape index (κ2) is 19.6. The lowest BCUT2D eigenvalue weighted by molar-refractivity contribution is -0.899. The third-order valence-corrected chi connectivity index (χ3v) is 6.34. The van der Waals surface area contributed by atoms with E-state index in [1.54, 1.807) is 0 Å². The van der Waals surface area contributed by atoms with E-state index in [1.165, 1.54) is 109 Å². The summed E-state index contributed by atoms with van der Waals surface area (Å²) < 4.78 is 28.2. The van der Waals surface area contributed by atoms with Crippen LogP contribution >= 0.6 is 0 Å². The first-order valence-corrected chi connectivity index (χ1v) is 15.4. The summed E-state index contributed by atoms with van der Waals surface area (Å²) in [6, 6.07) is 0. The monoisotopic (exact) mass is 490 g/mol. The van der Waals surface area contributed by atoms with Crippen molar-refractivity contribution in [2.75, 3.05) is 40.1 Å². The topological polar surface area (TPSA) is 77.5 Å². The van der Waals surface area contributed by atoms with Crippen LogP contribution in [-0.2, 0) is 14.9 Å². The summed E-state index contributed by atoms with van der Waals surface area (Å²) in [5.41, 5.74) is 0. The maximum absolute atomic E-state index is 11.8. The average molecular weight is 491 g/mol. The normalized spacial score (nSPS) is 14.5. The predicted molar refractivity (Wildman–Crippen MR) is 138 cm³/mol. The first-order valence-electron chi connectivity index (χ1n) is 13.6. The van der Waals surface area contributed by atoms with Gasteiger partial charge in [0.15, 0.2) is 6.67 Å². The Labute approximate surface area is 205 Å². The Bertz CT molecular complexity index is 571. The predicted octanol–water partition coefficient (Wildman–Crippen LogP) is 6.07. The van der Waals surface area contributed by atoms with Gasteiger partial charge in [0, 0.05) is 19.2 Å².